The number of ether oxygens (including phenoxy) is 1. The molecule has 0 bridgehead atoms. The van der Waals surface area contributed by atoms with Crippen molar-refractivity contribution in [3.05, 3.63) is 0 Å². The van der Waals surface area contributed by atoms with E-state index in [1.165, 1.54) is 7.11 Å². The molecule has 0 aromatic heterocycles. The first-order valence-electron chi connectivity index (χ1n) is 4.74. The summed E-state index contributed by atoms with van der Waals surface area (Å²) in [4.78, 5) is 21.8. The molecule has 3 N–H and O–H groups in total. The number of carboxylic acids is 1. The van der Waals surface area contributed by atoms with E-state index in [1.54, 1.807) is 6.92 Å². The number of carbonyl (C=O) groups excluding carboxylic acids is 1. The van der Waals surface area contributed by atoms with E-state index in [9.17, 15) is 9.59 Å². The van der Waals surface area contributed by atoms with Gasteiger partial charge in [-0.2, -0.15) is 0 Å². The van der Waals surface area contributed by atoms with Crippen LogP contribution in [-0.2, 0) is 9.53 Å². The highest BCUT2D eigenvalue weighted by Crippen LogP contribution is 1.89. The fraction of sp³-hybridized carbons (Fsp3) is 0.600. The first kappa shape index (κ1) is 14.3. The van der Waals surface area contributed by atoms with Crippen LogP contribution < -0.4 is 10.6 Å². The zero-order valence-electron chi connectivity index (χ0n) is 9.32. The molecule has 6 heteroatoms. The SMILES string of the molecule is C#CCC(C)NC(=O)NCC(OC)C(=O)O. The maximum atomic E-state index is 11.2. The van der Waals surface area contributed by atoms with Gasteiger partial charge in [0.25, 0.3) is 0 Å². The molecule has 0 aromatic carbocycles. The number of rotatable bonds is 6. The number of urea groups is 1. The summed E-state index contributed by atoms with van der Waals surface area (Å²) in [5.41, 5.74) is 0. The van der Waals surface area contributed by atoms with E-state index < -0.39 is 18.1 Å². The highest BCUT2D eigenvalue weighted by Gasteiger charge is 2.17. The number of carbonyl (C=O) groups is 2. The van der Waals surface area contributed by atoms with Crippen LogP contribution in [0.15, 0.2) is 0 Å². The van der Waals surface area contributed by atoms with Crippen LogP contribution in [-0.4, -0.2) is 42.9 Å². The average molecular weight is 228 g/mol. The van der Waals surface area contributed by atoms with Crippen molar-refractivity contribution in [2.45, 2.75) is 25.5 Å². The second kappa shape index (κ2) is 7.54. The van der Waals surface area contributed by atoms with Crippen LogP contribution in [0.2, 0.25) is 0 Å². The lowest BCUT2D eigenvalue weighted by Gasteiger charge is -2.14. The lowest BCUT2D eigenvalue weighted by atomic mass is 10.2. The minimum Gasteiger partial charge on any atom is -0.479 e. The van der Waals surface area contributed by atoms with Crippen molar-refractivity contribution in [3.8, 4) is 12.3 Å². The molecule has 2 unspecified atom stereocenters. The van der Waals surface area contributed by atoms with E-state index in [-0.39, 0.29) is 12.6 Å². The van der Waals surface area contributed by atoms with E-state index in [2.05, 4.69) is 21.3 Å². The number of terminal acetylenes is 1. The molecule has 0 fully saturated rings. The van der Waals surface area contributed by atoms with Crippen LogP contribution in [0.3, 0.4) is 0 Å². The van der Waals surface area contributed by atoms with Gasteiger partial charge in [0, 0.05) is 19.6 Å². The van der Waals surface area contributed by atoms with Gasteiger partial charge in [0.15, 0.2) is 6.10 Å². The van der Waals surface area contributed by atoms with Gasteiger partial charge in [0.05, 0.1) is 6.54 Å². The van der Waals surface area contributed by atoms with Crippen LogP contribution >= 0.6 is 0 Å². The predicted octanol–water partition coefficient (Wildman–Crippen LogP) is -0.203. The first-order chi connectivity index (χ1) is 7.51. The van der Waals surface area contributed by atoms with E-state index in [0.717, 1.165) is 0 Å². The molecule has 0 spiro atoms. The molecule has 16 heavy (non-hydrogen) atoms. The molecule has 0 heterocycles. The Morgan fingerprint density at radius 1 is 1.56 bits per heavy atom. The predicted molar refractivity (Wildman–Crippen MR) is 57.9 cm³/mol. The Bertz CT molecular complexity index is 285. The largest absolute Gasteiger partial charge is 0.479 e. The number of hydrogen-bond donors (Lipinski definition) is 3. The highest BCUT2D eigenvalue weighted by molar-refractivity contribution is 5.77. The Morgan fingerprint density at radius 3 is 2.62 bits per heavy atom. The highest BCUT2D eigenvalue weighted by atomic mass is 16.5. The maximum Gasteiger partial charge on any atom is 0.334 e. The zero-order chi connectivity index (χ0) is 12.6. The molecule has 0 rings (SSSR count). The van der Waals surface area contributed by atoms with Crippen LogP contribution in [0.4, 0.5) is 4.79 Å². The summed E-state index contributed by atoms with van der Waals surface area (Å²) >= 11 is 0. The van der Waals surface area contributed by atoms with E-state index >= 15 is 0 Å². The minimum atomic E-state index is -1.13. The van der Waals surface area contributed by atoms with Crippen LogP contribution in [0.5, 0.6) is 0 Å². The number of hydrogen-bond acceptors (Lipinski definition) is 3. The molecule has 0 radical (unpaired) electrons. The van der Waals surface area contributed by atoms with Crippen molar-refractivity contribution in [2.24, 2.45) is 0 Å². The molecular formula is C10H16N2O4. The summed E-state index contributed by atoms with van der Waals surface area (Å²) in [5.74, 6) is 1.28. The number of carboxylic acid groups (broad SMARTS) is 1. The molecule has 0 aromatic rings. The number of aliphatic carboxylic acids is 1. The molecule has 0 aliphatic heterocycles. The van der Waals surface area contributed by atoms with Gasteiger partial charge in [-0.05, 0) is 6.92 Å². The Hall–Kier alpha value is -1.74. The third-order valence-corrected chi connectivity index (χ3v) is 1.81. The van der Waals surface area contributed by atoms with Gasteiger partial charge in [-0.3, -0.25) is 0 Å². The van der Waals surface area contributed by atoms with Crippen molar-refractivity contribution in [1.82, 2.24) is 10.6 Å². The van der Waals surface area contributed by atoms with Crippen molar-refractivity contribution in [3.63, 3.8) is 0 Å². The van der Waals surface area contributed by atoms with Crippen LogP contribution in [0.25, 0.3) is 0 Å². The van der Waals surface area contributed by atoms with Gasteiger partial charge < -0.3 is 20.5 Å². The normalized spacial score (nSPS) is 13.3. The fourth-order valence-corrected chi connectivity index (χ4v) is 0.959. The third-order valence-electron chi connectivity index (χ3n) is 1.81. The molecule has 2 amide bonds. The topological polar surface area (TPSA) is 87.7 Å². The van der Waals surface area contributed by atoms with E-state index in [1.807, 2.05) is 0 Å². The Labute approximate surface area is 94.4 Å². The molecular weight excluding hydrogens is 212 g/mol. The van der Waals surface area contributed by atoms with Crippen molar-refractivity contribution in [1.29, 1.82) is 0 Å². The number of nitrogens with one attached hydrogen (secondary N) is 2. The lowest BCUT2D eigenvalue weighted by molar-refractivity contribution is -0.147. The number of methoxy groups -OCH3 is 1. The minimum absolute atomic E-state index is 0.0968. The quantitative estimate of drug-likeness (QED) is 0.549. The molecule has 0 saturated carbocycles. The fourth-order valence-electron chi connectivity index (χ4n) is 0.959. The van der Waals surface area contributed by atoms with E-state index in [0.29, 0.717) is 6.42 Å². The summed E-state index contributed by atoms with van der Waals surface area (Å²) in [6.07, 6.45) is 4.44. The second-order valence-corrected chi connectivity index (χ2v) is 3.23. The monoisotopic (exact) mass is 228 g/mol. The average Bonchev–Trinajstić information content (AvgIpc) is 2.18. The standard InChI is InChI=1S/C10H16N2O4/c1-4-5-7(2)12-10(15)11-6-8(16-3)9(13)14/h1,7-8H,5-6H2,2-3H3,(H,13,14)(H2,11,12,15). The van der Waals surface area contributed by atoms with Gasteiger partial charge >= 0.3 is 12.0 Å². The lowest BCUT2D eigenvalue weighted by Crippen LogP contribution is -2.45. The zero-order valence-corrected chi connectivity index (χ0v) is 9.32. The Kier molecular flexibility index (Phi) is 6.72. The van der Waals surface area contributed by atoms with Crippen molar-refractivity contribution < 1.29 is 19.4 Å². The summed E-state index contributed by atoms with van der Waals surface area (Å²) in [6, 6.07) is -0.623. The summed E-state index contributed by atoms with van der Waals surface area (Å²) < 4.78 is 4.64. The van der Waals surface area contributed by atoms with Gasteiger partial charge in [-0.1, -0.05) is 0 Å². The van der Waals surface area contributed by atoms with Gasteiger partial charge in [0.2, 0.25) is 0 Å². The van der Waals surface area contributed by atoms with Gasteiger partial charge in [0.1, 0.15) is 0 Å². The summed E-state index contributed by atoms with van der Waals surface area (Å²) in [6.45, 7) is 1.66. The molecule has 0 saturated heterocycles. The van der Waals surface area contributed by atoms with E-state index in [4.69, 9.17) is 11.5 Å². The smallest absolute Gasteiger partial charge is 0.334 e. The molecule has 2 atom stereocenters. The third kappa shape index (κ3) is 5.88. The van der Waals surface area contributed by atoms with Crippen LogP contribution in [0.1, 0.15) is 13.3 Å². The summed E-state index contributed by atoms with van der Waals surface area (Å²) in [7, 11) is 1.26. The Balaban J connectivity index is 3.89. The van der Waals surface area contributed by atoms with Gasteiger partial charge in [-0.25, -0.2) is 9.59 Å². The Morgan fingerprint density at radius 2 is 2.19 bits per heavy atom. The molecule has 90 valence electrons. The number of amides is 2. The van der Waals surface area contributed by atoms with Crippen LogP contribution in [0, 0.1) is 12.3 Å². The summed E-state index contributed by atoms with van der Waals surface area (Å²) in [5, 5.41) is 13.6. The molecule has 6 nitrogen and oxygen atoms in total. The first-order valence-corrected chi connectivity index (χ1v) is 4.74. The maximum absolute atomic E-state index is 11.2. The molecule has 0 aliphatic carbocycles. The molecule has 0 aliphatic rings. The van der Waals surface area contributed by atoms with Gasteiger partial charge in [-0.15, -0.1) is 12.3 Å². The second-order valence-electron chi connectivity index (χ2n) is 3.23. The van der Waals surface area contributed by atoms with Crippen molar-refractivity contribution in [2.75, 3.05) is 13.7 Å². The van der Waals surface area contributed by atoms with Crippen molar-refractivity contribution >= 4 is 12.0 Å².